The highest BCUT2D eigenvalue weighted by Crippen LogP contribution is 2.21. The van der Waals surface area contributed by atoms with Gasteiger partial charge >= 0.3 is 0 Å². The second kappa shape index (κ2) is 6.48. The summed E-state index contributed by atoms with van der Waals surface area (Å²) in [5.41, 5.74) is 6.33. The van der Waals surface area contributed by atoms with Crippen LogP contribution in [0.4, 0.5) is 4.39 Å². The van der Waals surface area contributed by atoms with Gasteiger partial charge < -0.3 is 10.5 Å². The first-order valence-electron chi connectivity index (χ1n) is 5.86. The number of hydrogen-bond acceptors (Lipinski definition) is 2. The van der Waals surface area contributed by atoms with Crippen molar-refractivity contribution in [3.63, 3.8) is 0 Å². The number of ether oxygens (including phenoxy) is 1. The van der Waals surface area contributed by atoms with E-state index in [9.17, 15) is 4.39 Å². The molecule has 1 rings (SSSR count). The first-order valence-corrected chi connectivity index (χ1v) is 5.86. The van der Waals surface area contributed by atoms with E-state index < -0.39 is 0 Å². The van der Waals surface area contributed by atoms with Crippen molar-refractivity contribution >= 4 is 0 Å². The molecule has 0 spiro atoms. The van der Waals surface area contributed by atoms with Gasteiger partial charge in [-0.3, -0.25) is 0 Å². The average Bonchev–Trinajstić information content (AvgIpc) is 2.29. The molecule has 0 aliphatic carbocycles. The molecule has 0 atom stereocenters. The Morgan fingerprint density at radius 3 is 2.50 bits per heavy atom. The van der Waals surface area contributed by atoms with Crippen molar-refractivity contribution in [2.24, 2.45) is 5.73 Å². The maximum Gasteiger partial charge on any atom is 0.165 e. The summed E-state index contributed by atoms with van der Waals surface area (Å²) in [6, 6.07) is 5.07. The van der Waals surface area contributed by atoms with Crippen LogP contribution >= 0.6 is 0 Å². The van der Waals surface area contributed by atoms with Crippen molar-refractivity contribution < 1.29 is 9.13 Å². The highest BCUT2D eigenvalue weighted by molar-refractivity contribution is 5.29. The molecule has 0 aromatic heterocycles. The van der Waals surface area contributed by atoms with Crippen molar-refractivity contribution in [3.8, 4) is 5.75 Å². The maximum atomic E-state index is 13.6. The van der Waals surface area contributed by atoms with E-state index in [-0.39, 0.29) is 11.9 Å². The first kappa shape index (κ1) is 13.0. The van der Waals surface area contributed by atoms with E-state index in [1.165, 1.54) is 6.07 Å². The lowest BCUT2D eigenvalue weighted by Gasteiger charge is -2.16. The van der Waals surface area contributed by atoms with Crippen LogP contribution in [-0.2, 0) is 6.42 Å². The second-order valence-corrected chi connectivity index (χ2v) is 3.86. The normalized spacial score (nSPS) is 10.8. The van der Waals surface area contributed by atoms with Crippen LogP contribution in [-0.4, -0.2) is 12.6 Å². The van der Waals surface area contributed by atoms with Gasteiger partial charge in [-0.25, -0.2) is 4.39 Å². The third kappa shape index (κ3) is 3.49. The number of nitrogens with two attached hydrogens (primary N) is 1. The molecule has 3 heteroatoms. The Morgan fingerprint density at radius 1 is 1.31 bits per heavy atom. The zero-order valence-corrected chi connectivity index (χ0v) is 10.0. The monoisotopic (exact) mass is 225 g/mol. The first-order chi connectivity index (χ1) is 7.71. The minimum atomic E-state index is -0.294. The fraction of sp³-hybridized carbons (Fsp3) is 0.538. The van der Waals surface area contributed by atoms with E-state index in [1.54, 1.807) is 6.07 Å². The van der Waals surface area contributed by atoms with Gasteiger partial charge in [-0.05, 0) is 43.5 Å². The van der Waals surface area contributed by atoms with Gasteiger partial charge in [0.1, 0.15) is 0 Å². The molecule has 0 heterocycles. The van der Waals surface area contributed by atoms with Crippen LogP contribution in [0.2, 0.25) is 0 Å². The molecule has 0 saturated heterocycles. The van der Waals surface area contributed by atoms with Crippen LogP contribution in [0.25, 0.3) is 0 Å². The molecule has 2 nitrogen and oxygen atoms in total. The van der Waals surface area contributed by atoms with E-state index in [0.717, 1.165) is 18.4 Å². The summed E-state index contributed by atoms with van der Waals surface area (Å²) in [6.07, 6.45) is 2.57. The van der Waals surface area contributed by atoms with Gasteiger partial charge in [-0.15, -0.1) is 0 Å². The molecule has 0 unspecified atom stereocenters. The van der Waals surface area contributed by atoms with E-state index in [4.69, 9.17) is 10.5 Å². The molecule has 0 fully saturated rings. The zero-order valence-electron chi connectivity index (χ0n) is 10.0. The molecule has 2 N–H and O–H groups in total. The quantitative estimate of drug-likeness (QED) is 0.808. The largest absolute Gasteiger partial charge is 0.487 e. The summed E-state index contributed by atoms with van der Waals surface area (Å²) in [5.74, 6) is 0.0484. The predicted molar refractivity (Wildman–Crippen MR) is 64.2 cm³/mol. The summed E-state index contributed by atoms with van der Waals surface area (Å²) in [4.78, 5) is 0. The highest BCUT2D eigenvalue weighted by Gasteiger charge is 2.09. The standard InChI is InChI=1S/C13H20FNO/c1-3-11(4-2)16-13-6-5-10(7-8-15)9-12(13)14/h5-6,9,11H,3-4,7-8,15H2,1-2H3. The van der Waals surface area contributed by atoms with Crippen molar-refractivity contribution in [3.05, 3.63) is 29.6 Å². The lowest BCUT2D eigenvalue weighted by molar-refractivity contribution is 0.184. The molecule has 90 valence electrons. The Bertz CT molecular complexity index is 324. The van der Waals surface area contributed by atoms with Crippen LogP contribution in [0.5, 0.6) is 5.75 Å². The van der Waals surface area contributed by atoms with Crippen LogP contribution in [0, 0.1) is 5.82 Å². The highest BCUT2D eigenvalue weighted by atomic mass is 19.1. The lowest BCUT2D eigenvalue weighted by Crippen LogP contribution is -2.14. The summed E-state index contributed by atoms with van der Waals surface area (Å²) in [7, 11) is 0. The van der Waals surface area contributed by atoms with Gasteiger partial charge in [-0.1, -0.05) is 19.9 Å². The molecule has 0 aliphatic rings. The van der Waals surface area contributed by atoms with Crippen LogP contribution in [0.1, 0.15) is 32.3 Å². The average molecular weight is 225 g/mol. The molecule has 0 radical (unpaired) electrons. The van der Waals surface area contributed by atoms with E-state index >= 15 is 0 Å². The topological polar surface area (TPSA) is 35.2 Å². The summed E-state index contributed by atoms with van der Waals surface area (Å²) >= 11 is 0. The summed E-state index contributed by atoms with van der Waals surface area (Å²) < 4.78 is 19.2. The summed E-state index contributed by atoms with van der Waals surface area (Å²) in [5, 5.41) is 0. The molecule has 1 aromatic rings. The van der Waals surface area contributed by atoms with Crippen LogP contribution in [0.3, 0.4) is 0 Å². The molecule has 0 saturated carbocycles. The zero-order chi connectivity index (χ0) is 12.0. The minimum Gasteiger partial charge on any atom is -0.487 e. The maximum absolute atomic E-state index is 13.6. The third-order valence-electron chi connectivity index (χ3n) is 2.63. The Kier molecular flexibility index (Phi) is 5.26. The van der Waals surface area contributed by atoms with Gasteiger partial charge in [0, 0.05) is 0 Å². The SMILES string of the molecule is CCC(CC)Oc1ccc(CCN)cc1F. The molecule has 0 bridgehead atoms. The van der Waals surface area contributed by atoms with Gasteiger partial charge in [0.2, 0.25) is 0 Å². The molecule has 16 heavy (non-hydrogen) atoms. The van der Waals surface area contributed by atoms with Crippen molar-refractivity contribution in [1.82, 2.24) is 0 Å². The predicted octanol–water partition coefficient (Wildman–Crippen LogP) is 2.89. The smallest absolute Gasteiger partial charge is 0.165 e. The van der Waals surface area contributed by atoms with Gasteiger partial charge in [-0.2, -0.15) is 0 Å². The fourth-order valence-corrected chi connectivity index (χ4v) is 1.60. The van der Waals surface area contributed by atoms with E-state index in [1.807, 2.05) is 19.9 Å². The van der Waals surface area contributed by atoms with Gasteiger partial charge in [0.25, 0.3) is 0 Å². The van der Waals surface area contributed by atoms with E-state index in [2.05, 4.69) is 0 Å². The second-order valence-electron chi connectivity index (χ2n) is 3.86. The van der Waals surface area contributed by atoms with E-state index in [0.29, 0.717) is 18.7 Å². The number of benzene rings is 1. The van der Waals surface area contributed by atoms with Crippen LogP contribution in [0.15, 0.2) is 18.2 Å². The molecule has 1 aromatic carbocycles. The Balaban J connectivity index is 2.74. The van der Waals surface area contributed by atoms with Crippen molar-refractivity contribution in [2.75, 3.05) is 6.54 Å². The Labute approximate surface area is 96.6 Å². The third-order valence-corrected chi connectivity index (χ3v) is 2.63. The summed E-state index contributed by atoms with van der Waals surface area (Å²) in [6.45, 7) is 4.61. The van der Waals surface area contributed by atoms with Crippen molar-refractivity contribution in [1.29, 1.82) is 0 Å². The number of hydrogen-bond donors (Lipinski definition) is 1. The molecular weight excluding hydrogens is 205 g/mol. The molecule has 0 aliphatic heterocycles. The lowest BCUT2D eigenvalue weighted by atomic mass is 10.1. The number of halogens is 1. The Hall–Kier alpha value is -1.09. The Morgan fingerprint density at radius 2 is 2.00 bits per heavy atom. The molecular formula is C13H20FNO. The van der Waals surface area contributed by atoms with Crippen molar-refractivity contribution in [2.45, 2.75) is 39.2 Å². The van der Waals surface area contributed by atoms with Gasteiger partial charge in [0.05, 0.1) is 6.10 Å². The fourth-order valence-electron chi connectivity index (χ4n) is 1.60. The number of rotatable bonds is 6. The molecule has 0 amide bonds. The van der Waals surface area contributed by atoms with Gasteiger partial charge in [0.15, 0.2) is 11.6 Å². The minimum absolute atomic E-state index is 0.0925. The van der Waals surface area contributed by atoms with Crippen LogP contribution < -0.4 is 10.5 Å².